The maximum atomic E-state index is 6.17. The minimum Gasteiger partial charge on any atom is -0.495 e. The van der Waals surface area contributed by atoms with Gasteiger partial charge in [-0.3, -0.25) is 0 Å². The van der Waals surface area contributed by atoms with Crippen molar-refractivity contribution in [2.24, 2.45) is 0 Å². The lowest BCUT2D eigenvalue weighted by molar-refractivity contribution is 0.340. The number of hydrogen-bond donors (Lipinski definition) is 2. The van der Waals surface area contributed by atoms with Crippen molar-refractivity contribution in [1.29, 1.82) is 0 Å². The van der Waals surface area contributed by atoms with Crippen molar-refractivity contribution in [3.8, 4) is 11.5 Å². The van der Waals surface area contributed by atoms with E-state index in [4.69, 9.17) is 21.1 Å². The van der Waals surface area contributed by atoms with Crippen LogP contribution in [0.25, 0.3) is 0 Å². The molecule has 0 atom stereocenters. The molecule has 0 spiro atoms. The van der Waals surface area contributed by atoms with Crippen LogP contribution in [0.3, 0.4) is 0 Å². The van der Waals surface area contributed by atoms with Crippen LogP contribution in [0.4, 0.5) is 23.1 Å². The summed E-state index contributed by atoms with van der Waals surface area (Å²) in [6.07, 6.45) is 0. The number of anilines is 4. The zero-order chi connectivity index (χ0) is 19.2. The summed E-state index contributed by atoms with van der Waals surface area (Å²) in [5.41, 5.74) is 2.52. The Labute approximate surface area is 163 Å². The Kier molecular flexibility index (Phi) is 5.98. The molecular formula is C20H21ClN4O2. The second-order valence-corrected chi connectivity index (χ2v) is 6.18. The van der Waals surface area contributed by atoms with Gasteiger partial charge < -0.3 is 20.1 Å². The Balaban J connectivity index is 1.76. The zero-order valence-electron chi connectivity index (χ0n) is 15.4. The molecule has 2 N–H and O–H groups in total. The fraction of sp³-hybridized carbons (Fsp3) is 0.200. The van der Waals surface area contributed by atoms with Gasteiger partial charge in [0.15, 0.2) is 0 Å². The van der Waals surface area contributed by atoms with E-state index >= 15 is 0 Å². The SMILES string of the molecule is CCOc1ccc(Nc2cc(C)nc(Nc3ccc(OC)c(Cl)c3)n2)cc1. The molecule has 1 heterocycles. The van der Waals surface area contributed by atoms with Gasteiger partial charge in [0.05, 0.1) is 18.7 Å². The van der Waals surface area contributed by atoms with Crippen molar-refractivity contribution in [1.82, 2.24) is 9.97 Å². The van der Waals surface area contributed by atoms with Crippen LogP contribution in [0, 0.1) is 6.92 Å². The van der Waals surface area contributed by atoms with Crippen molar-refractivity contribution in [2.75, 3.05) is 24.4 Å². The quantitative estimate of drug-likeness (QED) is 0.573. The standard InChI is InChI=1S/C20H21ClN4O2/c1-4-27-16-8-5-14(6-9-16)23-19-11-13(2)22-20(25-19)24-15-7-10-18(26-3)17(21)12-15/h5-12H,4H2,1-3H3,(H2,22,23,24,25). The van der Waals surface area contributed by atoms with E-state index in [9.17, 15) is 0 Å². The Bertz CT molecular complexity index is 916. The lowest BCUT2D eigenvalue weighted by atomic mass is 10.3. The molecule has 6 nitrogen and oxygen atoms in total. The van der Waals surface area contributed by atoms with Crippen LogP contribution in [-0.4, -0.2) is 23.7 Å². The molecule has 2 aromatic carbocycles. The molecule has 0 amide bonds. The van der Waals surface area contributed by atoms with E-state index in [1.165, 1.54) is 0 Å². The highest BCUT2D eigenvalue weighted by atomic mass is 35.5. The number of nitrogens with zero attached hydrogens (tertiary/aromatic N) is 2. The number of halogens is 1. The van der Waals surface area contributed by atoms with Crippen LogP contribution in [0.1, 0.15) is 12.6 Å². The Morgan fingerprint density at radius 3 is 2.37 bits per heavy atom. The third-order valence-electron chi connectivity index (χ3n) is 3.70. The van der Waals surface area contributed by atoms with Gasteiger partial charge in [0.25, 0.3) is 0 Å². The lowest BCUT2D eigenvalue weighted by Crippen LogP contribution is -2.02. The summed E-state index contributed by atoms with van der Waals surface area (Å²) in [5, 5.41) is 6.96. The summed E-state index contributed by atoms with van der Waals surface area (Å²) in [7, 11) is 1.58. The first-order chi connectivity index (χ1) is 13.1. The molecule has 0 radical (unpaired) electrons. The summed E-state index contributed by atoms with van der Waals surface area (Å²) >= 11 is 6.17. The fourth-order valence-electron chi connectivity index (χ4n) is 2.51. The molecule has 0 saturated heterocycles. The molecule has 0 bridgehead atoms. The normalized spacial score (nSPS) is 10.4. The van der Waals surface area contributed by atoms with Crippen molar-refractivity contribution in [3.05, 3.63) is 59.2 Å². The molecule has 1 aromatic heterocycles. The van der Waals surface area contributed by atoms with E-state index in [0.717, 1.165) is 22.8 Å². The lowest BCUT2D eigenvalue weighted by Gasteiger charge is -2.11. The molecule has 27 heavy (non-hydrogen) atoms. The first-order valence-electron chi connectivity index (χ1n) is 8.53. The van der Waals surface area contributed by atoms with E-state index in [1.807, 2.05) is 50.2 Å². The molecule has 0 aliphatic rings. The average molecular weight is 385 g/mol. The molecule has 3 aromatic rings. The van der Waals surface area contributed by atoms with Crippen molar-refractivity contribution in [2.45, 2.75) is 13.8 Å². The summed E-state index contributed by atoms with van der Waals surface area (Å²) in [5.74, 6) is 2.62. The molecule has 0 unspecified atom stereocenters. The van der Waals surface area contributed by atoms with E-state index in [-0.39, 0.29) is 0 Å². The monoisotopic (exact) mass is 384 g/mol. The van der Waals surface area contributed by atoms with E-state index < -0.39 is 0 Å². The third kappa shape index (κ3) is 5.01. The fourth-order valence-corrected chi connectivity index (χ4v) is 2.77. The predicted octanol–water partition coefficient (Wildman–Crippen LogP) is 5.33. The zero-order valence-corrected chi connectivity index (χ0v) is 16.2. The molecule has 140 valence electrons. The second-order valence-electron chi connectivity index (χ2n) is 5.77. The molecule has 0 saturated carbocycles. The largest absolute Gasteiger partial charge is 0.495 e. The summed E-state index contributed by atoms with van der Waals surface area (Å²) < 4.78 is 10.6. The summed E-state index contributed by atoms with van der Waals surface area (Å²) in [4.78, 5) is 8.94. The minimum absolute atomic E-state index is 0.477. The number of hydrogen-bond acceptors (Lipinski definition) is 6. The molecule has 7 heteroatoms. The van der Waals surface area contributed by atoms with Crippen LogP contribution in [0.2, 0.25) is 5.02 Å². The number of aromatic nitrogens is 2. The molecule has 0 fully saturated rings. The number of ether oxygens (including phenoxy) is 2. The molecule has 0 aliphatic carbocycles. The molecule has 0 aliphatic heterocycles. The van der Waals surface area contributed by atoms with E-state index in [1.54, 1.807) is 19.2 Å². The van der Waals surface area contributed by atoms with Crippen LogP contribution in [-0.2, 0) is 0 Å². The Hall–Kier alpha value is -2.99. The highest BCUT2D eigenvalue weighted by molar-refractivity contribution is 6.32. The minimum atomic E-state index is 0.477. The maximum Gasteiger partial charge on any atom is 0.229 e. The number of nitrogens with one attached hydrogen (secondary N) is 2. The number of aryl methyl sites for hydroxylation is 1. The van der Waals surface area contributed by atoms with Gasteiger partial charge in [-0.25, -0.2) is 4.98 Å². The van der Waals surface area contributed by atoms with Gasteiger partial charge in [0.1, 0.15) is 17.3 Å². The van der Waals surface area contributed by atoms with Crippen molar-refractivity contribution < 1.29 is 9.47 Å². The first-order valence-corrected chi connectivity index (χ1v) is 8.91. The summed E-state index contributed by atoms with van der Waals surface area (Å²) in [6.45, 7) is 4.51. The van der Waals surface area contributed by atoms with Crippen LogP contribution >= 0.6 is 11.6 Å². The number of rotatable bonds is 7. The van der Waals surface area contributed by atoms with Gasteiger partial charge in [0.2, 0.25) is 5.95 Å². The Morgan fingerprint density at radius 2 is 1.70 bits per heavy atom. The van der Waals surface area contributed by atoms with Gasteiger partial charge in [-0.15, -0.1) is 0 Å². The second kappa shape index (κ2) is 8.60. The van der Waals surface area contributed by atoms with Gasteiger partial charge in [-0.05, 0) is 56.3 Å². The van der Waals surface area contributed by atoms with Crippen LogP contribution < -0.4 is 20.1 Å². The molecule has 3 rings (SSSR count). The van der Waals surface area contributed by atoms with Crippen molar-refractivity contribution in [3.63, 3.8) is 0 Å². The van der Waals surface area contributed by atoms with Crippen molar-refractivity contribution >= 4 is 34.7 Å². The number of methoxy groups -OCH3 is 1. The maximum absolute atomic E-state index is 6.17. The third-order valence-corrected chi connectivity index (χ3v) is 4.00. The highest BCUT2D eigenvalue weighted by Gasteiger charge is 2.06. The van der Waals surface area contributed by atoms with Crippen LogP contribution in [0.5, 0.6) is 11.5 Å². The smallest absolute Gasteiger partial charge is 0.229 e. The predicted molar refractivity (Wildman–Crippen MR) is 109 cm³/mol. The van der Waals surface area contributed by atoms with Gasteiger partial charge in [-0.2, -0.15) is 4.98 Å². The first kappa shape index (κ1) is 18.8. The highest BCUT2D eigenvalue weighted by Crippen LogP contribution is 2.28. The topological polar surface area (TPSA) is 68.3 Å². The van der Waals surface area contributed by atoms with E-state index in [2.05, 4.69) is 20.6 Å². The number of benzene rings is 2. The van der Waals surface area contributed by atoms with Gasteiger partial charge in [-0.1, -0.05) is 11.6 Å². The Morgan fingerprint density at radius 1 is 0.963 bits per heavy atom. The van der Waals surface area contributed by atoms with Gasteiger partial charge in [0, 0.05) is 23.1 Å². The average Bonchev–Trinajstić information content (AvgIpc) is 2.63. The summed E-state index contributed by atoms with van der Waals surface area (Å²) in [6, 6.07) is 15.0. The van der Waals surface area contributed by atoms with E-state index in [0.29, 0.717) is 29.1 Å². The van der Waals surface area contributed by atoms with Gasteiger partial charge >= 0.3 is 0 Å². The van der Waals surface area contributed by atoms with Crippen LogP contribution in [0.15, 0.2) is 48.5 Å². The molecular weight excluding hydrogens is 364 g/mol.